The molecular weight excluding hydrogens is 589 g/mol. The van der Waals surface area contributed by atoms with Crippen molar-refractivity contribution in [2.75, 3.05) is 19.0 Å². The smallest absolute Gasteiger partial charge is 0.147 e. The zero-order chi connectivity index (χ0) is 24.1. The second-order valence-electron chi connectivity index (χ2n) is 10.3. The van der Waals surface area contributed by atoms with Crippen LogP contribution in [0.5, 0.6) is 0 Å². The molecule has 0 aliphatic heterocycles. The summed E-state index contributed by atoms with van der Waals surface area (Å²) >= 11 is -4.27. The summed E-state index contributed by atoms with van der Waals surface area (Å²) in [5.41, 5.74) is 7.13. The van der Waals surface area contributed by atoms with Crippen LogP contribution in [-0.4, -0.2) is 21.0 Å². The molecule has 0 radical (unpaired) electrons. The Kier molecular flexibility index (Phi) is 7.94. The molecule has 5 heteroatoms. The second-order valence-corrected chi connectivity index (χ2v) is 32.4. The van der Waals surface area contributed by atoms with Crippen molar-refractivity contribution in [3.05, 3.63) is 136 Å². The molecule has 0 N–H and O–H groups in total. The normalized spacial score (nSPS) is 15.6. The molecule has 1 unspecified atom stereocenters. The van der Waals surface area contributed by atoms with E-state index in [1.807, 2.05) is 0 Å². The van der Waals surface area contributed by atoms with Crippen LogP contribution in [0.25, 0.3) is 11.1 Å². The minimum atomic E-state index is -4.27. The molecular formula is C32H33Cl2NSiZr. The molecule has 4 aromatic carbocycles. The number of anilines is 1. The second kappa shape index (κ2) is 10.5. The molecule has 1 nitrogen and oxygen atoms in total. The Balaban J connectivity index is 0.00000160. The van der Waals surface area contributed by atoms with Gasteiger partial charge in [-0.05, 0) is 0 Å². The van der Waals surface area contributed by atoms with E-state index in [4.69, 9.17) is 0 Å². The van der Waals surface area contributed by atoms with E-state index in [1.165, 1.54) is 27.9 Å². The van der Waals surface area contributed by atoms with E-state index in [0.717, 1.165) is 6.42 Å². The van der Waals surface area contributed by atoms with Crippen molar-refractivity contribution in [2.45, 2.75) is 10.0 Å². The maximum absolute atomic E-state index is 4.27. The first kappa shape index (κ1) is 27.9. The van der Waals surface area contributed by atoms with Crippen molar-refractivity contribution < 1.29 is 17.4 Å². The van der Waals surface area contributed by atoms with Crippen molar-refractivity contribution in [1.82, 2.24) is 0 Å². The van der Waals surface area contributed by atoms with Crippen molar-refractivity contribution in [3.8, 4) is 11.1 Å². The summed E-state index contributed by atoms with van der Waals surface area (Å²) in [7, 11) is 4.34. The summed E-state index contributed by atoms with van der Waals surface area (Å²) in [5, 5.41) is 0. The number of halogens is 2. The summed E-state index contributed by atoms with van der Waals surface area (Å²) < 4.78 is 5.11. The Morgan fingerprint density at radius 3 is 1.84 bits per heavy atom. The van der Waals surface area contributed by atoms with Gasteiger partial charge in [0.1, 0.15) is 0 Å². The molecule has 37 heavy (non-hydrogen) atoms. The Morgan fingerprint density at radius 1 is 0.703 bits per heavy atom. The first-order valence-corrected chi connectivity index (χ1v) is 23.5. The SMILES string of the molecule is CN(C)c1cccc2c1-c1ccccc1[CH]2[Zr](=[SiH2])([C]1=CC=CC1)([c]1ccccc1)[c]1ccccc1.Cl.Cl. The fourth-order valence-electron chi connectivity index (χ4n) is 6.86. The number of nitrogens with zero attached hydrogens (tertiary/aromatic N) is 1. The summed E-state index contributed by atoms with van der Waals surface area (Å²) in [6, 6.07) is 39.2. The Hall–Kier alpha value is -2.16. The average Bonchev–Trinajstić information content (AvgIpc) is 3.57. The predicted molar refractivity (Wildman–Crippen MR) is 165 cm³/mol. The van der Waals surface area contributed by atoms with Crippen LogP contribution >= 0.6 is 24.8 Å². The predicted octanol–water partition coefficient (Wildman–Crippen LogP) is 6.40. The van der Waals surface area contributed by atoms with Crippen LogP contribution in [0, 0.1) is 0 Å². The van der Waals surface area contributed by atoms with E-state index in [0.29, 0.717) is 3.63 Å². The van der Waals surface area contributed by atoms with Gasteiger partial charge in [0, 0.05) is 0 Å². The maximum atomic E-state index is 2.47. The van der Waals surface area contributed by atoms with Crippen LogP contribution < -0.4 is 11.4 Å². The van der Waals surface area contributed by atoms with Crippen molar-refractivity contribution in [1.29, 1.82) is 0 Å². The standard InChI is InChI=1S/C15H14N.2C6H5.C5H5.2ClH.H2Si.Zr/c1-16(2)14-9-5-7-12-10-11-6-3-4-8-13(11)15(12)14;2*1-2-4-6-5-3-1;1-2-4-5-3-1;;;;/h3-10H,1-2H3;2*1-5H;1-3H,4H2;2*1H;1H2;. The molecule has 188 valence electrons. The van der Waals surface area contributed by atoms with E-state index in [2.05, 4.69) is 147 Å². The summed E-state index contributed by atoms with van der Waals surface area (Å²) in [5.74, 6) is 0. The molecule has 6 rings (SSSR count). The quantitative estimate of drug-likeness (QED) is 0.233. The molecule has 2 aliphatic carbocycles. The van der Waals surface area contributed by atoms with Gasteiger partial charge in [0.05, 0.1) is 0 Å². The van der Waals surface area contributed by atoms with Crippen LogP contribution in [0.1, 0.15) is 21.2 Å². The third kappa shape index (κ3) is 3.90. The minimum Gasteiger partial charge on any atom is -0.147 e. The molecule has 0 amide bonds. The van der Waals surface area contributed by atoms with Crippen molar-refractivity contribution in [3.63, 3.8) is 0 Å². The van der Waals surface area contributed by atoms with Gasteiger partial charge < -0.3 is 0 Å². The fourth-order valence-corrected chi connectivity index (χ4v) is 30.9. The van der Waals surface area contributed by atoms with E-state index in [1.54, 1.807) is 9.82 Å². The van der Waals surface area contributed by atoms with Crippen LogP contribution in [0.3, 0.4) is 0 Å². The number of benzene rings is 4. The van der Waals surface area contributed by atoms with Crippen LogP contribution in [0.4, 0.5) is 5.69 Å². The Morgan fingerprint density at radius 2 is 1.27 bits per heavy atom. The van der Waals surface area contributed by atoms with E-state index in [9.17, 15) is 0 Å². The molecule has 1 atom stereocenters. The molecule has 4 aromatic rings. The fraction of sp³-hybridized carbons (Fsp3) is 0.125. The third-order valence-corrected chi connectivity index (χ3v) is 35.7. The van der Waals surface area contributed by atoms with E-state index >= 15 is 0 Å². The van der Waals surface area contributed by atoms with Gasteiger partial charge in [0.25, 0.3) is 0 Å². The monoisotopic (exact) mass is 619 g/mol. The minimum absolute atomic E-state index is 0. The van der Waals surface area contributed by atoms with Crippen LogP contribution in [0.15, 0.2) is 125 Å². The third-order valence-electron chi connectivity index (χ3n) is 8.42. The van der Waals surface area contributed by atoms with E-state index < -0.39 is 17.4 Å². The molecule has 0 saturated carbocycles. The molecule has 2 aliphatic rings. The number of hydrogen-bond acceptors (Lipinski definition) is 1. The summed E-state index contributed by atoms with van der Waals surface area (Å²) in [4.78, 5) is 2.28. The summed E-state index contributed by atoms with van der Waals surface area (Å²) in [6.07, 6.45) is 8.16. The Labute approximate surface area is 235 Å². The van der Waals surface area contributed by atoms with E-state index in [-0.39, 0.29) is 24.8 Å². The molecule has 0 spiro atoms. The molecule has 0 bridgehead atoms. The number of hydrogen-bond donors (Lipinski definition) is 0. The largest absolute Gasteiger partial charge is 0.147 e. The number of allylic oxidation sites excluding steroid dienone is 4. The maximum Gasteiger partial charge on any atom is -0.147 e. The van der Waals surface area contributed by atoms with Gasteiger partial charge in [0.2, 0.25) is 0 Å². The van der Waals surface area contributed by atoms with Gasteiger partial charge >= 0.3 is 212 Å². The first-order chi connectivity index (χ1) is 17.1. The topological polar surface area (TPSA) is 3.24 Å². The first-order valence-electron chi connectivity index (χ1n) is 12.4. The van der Waals surface area contributed by atoms with Crippen LogP contribution in [0.2, 0.25) is 0 Å². The van der Waals surface area contributed by atoms with Gasteiger partial charge in [-0.1, -0.05) is 0 Å². The molecule has 0 fully saturated rings. The zero-order valence-electron chi connectivity index (χ0n) is 21.3. The average molecular weight is 622 g/mol. The van der Waals surface area contributed by atoms with Gasteiger partial charge in [0.15, 0.2) is 0 Å². The van der Waals surface area contributed by atoms with Crippen molar-refractivity contribution in [2.24, 2.45) is 0 Å². The number of rotatable bonds is 5. The van der Waals surface area contributed by atoms with Crippen LogP contribution in [-0.2, 0) is 17.4 Å². The van der Waals surface area contributed by atoms with Crippen molar-refractivity contribution >= 4 is 43.9 Å². The van der Waals surface area contributed by atoms with Gasteiger partial charge in [-0.2, -0.15) is 0 Å². The van der Waals surface area contributed by atoms with Gasteiger partial charge in [-0.3, -0.25) is 0 Å². The van der Waals surface area contributed by atoms with Gasteiger partial charge in [-0.15, -0.1) is 24.8 Å². The summed E-state index contributed by atoms with van der Waals surface area (Å²) in [6.45, 7) is 2.39. The Bertz CT molecular complexity index is 1510. The molecule has 0 saturated heterocycles. The van der Waals surface area contributed by atoms with Gasteiger partial charge in [-0.25, -0.2) is 0 Å². The number of fused-ring (bicyclic) bond motifs is 3. The zero-order valence-corrected chi connectivity index (χ0v) is 26.8. The molecule has 0 aromatic heterocycles. The molecule has 0 heterocycles.